The van der Waals surface area contributed by atoms with Crippen molar-refractivity contribution in [3.05, 3.63) is 90.8 Å². The van der Waals surface area contributed by atoms with Gasteiger partial charge in [-0.05, 0) is 42.7 Å². The largest absolute Gasteiger partial charge is 0.344 e. The first kappa shape index (κ1) is 24.6. The van der Waals surface area contributed by atoms with Gasteiger partial charge >= 0.3 is 0 Å². The quantitative estimate of drug-likeness (QED) is 0.503. The van der Waals surface area contributed by atoms with Crippen molar-refractivity contribution >= 4 is 27.5 Å². The van der Waals surface area contributed by atoms with E-state index in [0.29, 0.717) is 31.5 Å². The van der Waals surface area contributed by atoms with E-state index in [1.54, 1.807) is 54.9 Å². The summed E-state index contributed by atoms with van der Waals surface area (Å²) < 4.78 is 27.5. The van der Waals surface area contributed by atoms with E-state index in [-0.39, 0.29) is 23.3 Å². The minimum atomic E-state index is -3.69. The van der Waals surface area contributed by atoms with Crippen LogP contribution in [0.4, 0.5) is 5.69 Å². The molecular formula is C26H28N4O4S. The van der Waals surface area contributed by atoms with Crippen LogP contribution in [0.15, 0.2) is 90.1 Å². The standard InChI is InChI=1S/C26H28N4O4S/c31-25(21-10-7-17-30(19-21)35(33,34)23-11-5-2-6-12-23)29-24(18-20-8-3-1-4-9-20)26(32)28-22-13-15-27-16-14-22/h1-6,8-9,11-16,21,24H,7,10,17-19H2,(H,29,31)(H,27,28,32)/t21-,24+/m0/s1. The maximum absolute atomic E-state index is 13.2. The Morgan fingerprint density at radius 1 is 0.971 bits per heavy atom. The normalized spacial score (nSPS) is 17.3. The predicted octanol–water partition coefficient (Wildman–Crippen LogP) is 2.85. The molecule has 1 aliphatic rings. The van der Waals surface area contributed by atoms with Crippen LogP contribution in [0.3, 0.4) is 0 Å². The summed E-state index contributed by atoms with van der Waals surface area (Å²) >= 11 is 0. The highest BCUT2D eigenvalue weighted by molar-refractivity contribution is 7.89. The number of pyridine rings is 1. The Kier molecular flexibility index (Phi) is 7.89. The van der Waals surface area contributed by atoms with Crippen LogP contribution in [-0.4, -0.2) is 48.7 Å². The molecule has 8 nitrogen and oxygen atoms in total. The number of aromatic nitrogens is 1. The molecule has 2 N–H and O–H groups in total. The molecule has 2 aromatic carbocycles. The Morgan fingerprint density at radius 3 is 2.31 bits per heavy atom. The van der Waals surface area contributed by atoms with Gasteiger partial charge in [-0.2, -0.15) is 4.31 Å². The third-order valence-corrected chi connectivity index (χ3v) is 7.88. The van der Waals surface area contributed by atoms with Gasteiger partial charge in [0.05, 0.1) is 10.8 Å². The molecule has 2 atom stereocenters. The van der Waals surface area contributed by atoms with Gasteiger partial charge in [0.25, 0.3) is 0 Å². The second-order valence-electron chi connectivity index (χ2n) is 8.49. The highest BCUT2D eigenvalue weighted by atomic mass is 32.2. The summed E-state index contributed by atoms with van der Waals surface area (Å²) in [4.78, 5) is 30.5. The number of anilines is 1. The third-order valence-electron chi connectivity index (χ3n) is 6.00. The number of nitrogens with one attached hydrogen (secondary N) is 2. The van der Waals surface area contributed by atoms with Crippen molar-refractivity contribution in [3.63, 3.8) is 0 Å². The van der Waals surface area contributed by atoms with E-state index in [1.165, 1.54) is 4.31 Å². The minimum absolute atomic E-state index is 0.0765. The summed E-state index contributed by atoms with van der Waals surface area (Å²) in [6, 6.07) is 20.2. The summed E-state index contributed by atoms with van der Waals surface area (Å²) in [5, 5.41) is 5.70. The first-order valence-electron chi connectivity index (χ1n) is 11.5. The molecule has 1 aromatic heterocycles. The van der Waals surface area contributed by atoms with Crippen molar-refractivity contribution in [1.82, 2.24) is 14.6 Å². The van der Waals surface area contributed by atoms with E-state index in [9.17, 15) is 18.0 Å². The Hall–Kier alpha value is -3.56. The van der Waals surface area contributed by atoms with Gasteiger partial charge < -0.3 is 10.6 Å². The highest BCUT2D eigenvalue weighted by Gasteiger charge is 2.34. The van der Waals surface area contributed by atoms with E-state index >= 15 is 0 Å². The smallest absolute Gasteiger partial charge is 0.247 e. The van der Waals surface area contributed by atoms with E-state index in [0.717, 1.165) is 5.56 Å². The van der Waals surface area contributed by atoms with Gasteiger partial charge in [0.1, 0.15) is 6.04 Å². The zero-order valence-electron chi connectivity index (χ0n) is 19.2. The molecule has 35 heavy (non-hydrogen) atoms. The van der Waals surface area contributed by atoms with Crippen molar-refractivity contribution in [2.45, 2.75) is 30.2 Å². The maximum Gasteiger partial charge on any atom is 0.247 e. The van der Waals surface area contributed by atoms with Crippen molar-refractivity contribution in [1.29, 1.82) is 0 Å². The molecule has 0 saturated carbocycles. The Morgan fingerprint density at radius 2 is 1.63 bits per heavy atom. The SMILES string of the molecule is O=C(N[C@H](Cc1ccccc1)C(=O)Nc1ccncc1)[C@H]1CCCN(S(=O)(=O)c2ccccc2)C1. The molecule has 182 valence electrons. The minimum Gasteiger partial charge on any atom is -0.344 e. The molecule has 1 fully saturated rings. The fourth-order valence-corrected chi connectivity index (χ4v) is 5.67. The van der Waals surface area contributed by atoms with Crippen LogP contribution in [-0.2, 0) is 26.0 Å². The summed E-state index contributed by atoms with van der Waals surface area (Å²) in [6.45, 7) is 0.435. The fourth-order valence-electron chi connectivity index (χ4n) is 4.13. The number of sulfonamides is 1. The monoisotopic (exact) mass is 492 g/mol. The number of nitrogens with zero attached hydrogens (tertiary/aromatic N) is 2. The van der Waals surface area contributed by atoms with Gasteiger partial charge in [-0.15, -0.1) is 0 Å². The maximum atomic E-state index is 13.2. The summed E-state index contributed by atoms with van der Waals surface area (Å²) in [5.74, 6) is -1.23. The molecule has 0 radical (unpaired) electrons. The number of piperidine rings is 1. The number of carbonyl (C=O) groups is 2. The zero-order valence-corrected chi connectivity index (χ0v) is 20.0. The van der Waals surface area contributed by atoms with Crippen molar-refractivity contribution in [2.24, 2.45) is 5.92 Å². The second kappa shape index (κ2) is 11.2. The van der Waals surface area contributed by atoms with Gasteiger partial charge in [-0.3, -0.25) is 14.6 Å². The number of hydrogen-bond acceptors (Lipinski definition) is 5. The fraction of sp³-hybridized carbons (Fsp3) is 0.269. The molecule has 0 spiro atoms. The Balaban J connectivity index is 1.48. The van der Waals surface area contributed by atoms with Crippen molar-refractivity contribution < 1.29 is 18.0 Å². The average molecular weight is 493 g/mol. The lowest BCUT2D eigenvalue weighted by molar-refractivity contribution is -0.130. The van der Waals surface area contributed by atoms with Crippen LogP contribution in [0, 0.1) is 5.92 Å². The van der Waals surface area contributed by atoms with E-state index in [2.05, 4.69) is 15.6 Å². The molecule has 4 rings (SSSR count). The molecule has 0 unspecified atom stereocenters. The summed E-state index contributed by atoms with van der Waals surface area (Å²) in [6.07, 6.45) is 4.57. The van der Waals surface area contributed by atoms with Gasteiger partial charge in [0, 0.05) is 37.6 Å². The number of hydrogen-bond donors (Lipinski definition) is 2. The highest BCUT2D eigenvalue weighted by Crippen LogP contribution is 2.24. The topological polar surface area (TPSA) is 108 Å². The predicted molar refractivity (Wildman–Crippen MR) is 133 cm³/mol. The number of rotatable bonds is 8. The van der Waals surface area contributed by atoms with Gasteiger partial charge in [-0.1, -0.05) is 48.5 Å². The second-order valence-corrected chi connectivity index (χ2v) is 10.4. The lowest BCUT2D eigenvalue weighted by Gasteiger charge is -2.32. The Bertz CT molecular complexity index is 1240. The van der Waals surface area contributed by atoms with Gasteiger partial charge in [0.15, 0.2) is 0 Å². The number of amides is 2. The number of carbonyl (C=O) groups excluding carboxylic acids is 2. The van der Waals surface area contributed by atoms with Crippen molar-refractivity contribution in [3.8, 4) is 0 Å². The Labute approximate surface area is 205 Å². The van der Waals surface area contributed by atoms with Gasteiger partial charge in [0.2, 0.25) is 21.8 Å². The lowest BCUT2D eigenvalue weighted by Crippen LogP contribution is -2.51. The van der Waals surface area contributed by atoms with Crippen molar-refractivity contribution in [2.75, 3.05) is 18.4 Å². The van der Waals surface area contributed by atoms with Crippen LogP contribution in [0.5, 0.6) is 0 Å². The molecule has 3 aromatic rings. The van der Waals surface area contributed by atoms with Crippen LogP contribution >= 0.6 is 0 Å². The summed E-state index contributed by atoms with van der Waals surface area (Å²) in [5.41, 5.74) is 1.48. The molecule has 1 aliphatic heterocycles. The molecular weight excluding hydrogens is 464 g/mol. The first-order valence-corrected chi connectivity index (χ1v) is 13.0. The molecule has 2 heterocycles. The molecule has 2 amide bonds. The van der Waals surface area contributed by atoms with E-state index < -0.39 is 22.0 Å². The van der Waals surface area contributed by atoms with Crippen LogP contribution in [0.25, 0.3) is 0 Å². The molecule has 0 bridgehead atoms. The number of benzene rings is 2. The average Bonchev–Trinajstić information content (AvgIpc) is 2.90. The zero-order chi connectivity index (χ0) is 24.7. The van der Waals surface area contributed by atoms with Crippen LogP contribution in [0.1, 0.15) is 18.4 Å². The summed E-state index contributed by atoms with van der Waals surface area (Å²) in [7, 11) is -3.69. The lowest BCUT2D eigenvalue weighted by atomic mass is 9.97. The molecule has 1 saturated heterocycles. The molecule has 9 heteroatoms. The third kappa shape index (κ3) is 6.32. The van der Waals surface area contributed by atoms with Crippen LogP contribution < -0.4 is 10.6 Å². The van der Waals surface area contributed by atoms with Gasteiger partial charge in [-0.25, -0.2) is 8.42 Å². The van der Waals surface area contributed by atoms with E-state index in [4.69, 9.17) is 0 Å². The van der Waals surface area contributed by atoms with Crippen LogP contribution in [0.2, 0.25) is 0 Å². The van der Waals surface area contributed by atoms with E-state index in [1.807, 2.05) is 30.3 Å². The molecule has 0 aliphatic carbocycles. The first-order chi connectivity index (χ1) is 16.9.